The summed E-state index contributed by atoms with van der Waals surface area (Å²) in [5.41, 5.74) is 6.52. The van der Waals surface area contributed by atoms with Gasteiger partial charge in [0, 0.05) is 13.1 Å². The van der Waals surface area contributed by atoms with E-state index in [0.717, 1.165) is 26.1 Å². The number of phenols is 1. The molecule has 2 aliphatic heterocycles. The van der Waals surface area contributed by atoms with Gasteiger partial charge in [-0.05, 0) is 49.4 Å². The van der Waals surface area contributed by atoms with Crippen LogP contribution in [0.25, 0.3) is 0 Å². The standard InChI is InChI=1S/C16H22N2O3/c17-15(12-4-1-5-13(19)8-12)16(20)21-14-7-11-3-2-6-18(9-11)10-14/h1,4-5,8,11,14-15,19H,2-3,6-7,9-10,17H2/t11?,14-,15?/m1/s1. The van der Waals surface area contributed by atoms with E-state index in [1.165, 1.54) is 18.9 Å². The Bertz CT molecular complexity index is 508. The number of phenolic OH excluding ortho intramolecular Hbond substituents is 1. The minimum atomic E-state index is -0.839. The van der Waals surface area contributed by atoms with Crippen molar-refractivity contribution in [3.8, 4) is 5.75 Å². The lowest BCUT2D eigenvalue weighted by atomic mass is 9.88. The van der Waals surface area contributed by atoms with Gasteiger partial charge in [0.15, 0.2) is 0 Å². The van der Waals surface area contributed by atoms with Crippen LogP contribution >= 0.6 is 0 Å². The molecule has 3 rings (SSSR count). The van der Waals surface area contributed by atoms with Gasteiger partial charge in [0.05, 0.1) is 0 Å². The zero-order chi connectivity index (χ0) is 14.8. The molecule has 0 aliphatic carbocycles. The molecule has 21 heavy (non-hydrogen) atoms. The summed E-state index contributed by atoms with van der Waals surface area (Å²) in [6.07, 6.45) is 3.35. The van der Waals surface area contributed by atoms with Crippen molar-refractivity contribution in [2.45, 2.75) is 31.4 Å². The predicted molar refractivity (Wildman–Crippen MR) is 78.7 cm³/mol. The van der Waals surface area contributed by atoms with Gasteiger partial charge in [0.1, 0.15) is 17.9 Å². The lowest BCUT2D eigenvalue weighted by molar-refractivity contribution is -0.155. The molecular formula is C16H22N2O3. The highest BCUT2D eigenvalue weighted by molar-refractivity contribution is 5.77. The van der Waals surface area contributed by atoms with Crippen molar-refractivity contribution < 1.29 is 14.6 Å². The average molecular weight is 290 g/mol. The van der Waals surface area contributed by atoms with Crippen LogP contribution in [-0.4, -0.2) is 41.7 Å². The molecule has 0 aromatic heterocycles. The summed E-state index contributed by atoms with van der Waals surface area (Å²) in [6.45, 7) is 3.05. The minimum Gasteiger partial charge on any atom is -0.508 e. The topological polar surface area (TPSA) is 75.8 Å². The highest BCUT2D eigenvalue weighted by atomic mass is 16.5. The summed E-state index contributed by atoms with van der Waals surface area (Å²) < 4.78 is 5.60. The number of aromatic hydroxyl groups is 1. The first-order valence-corrected chi connectivity index (χ1v) is 7.59. The number of benzene rings is 1. The van der Waals surface area contributed by atoms with E-state index in [-0.39, 0.29) is 11.9 Å². The van der Waals surface area contributed by atoms with Gasteiger partial charge in [-0.3, -0.25) is 4.90 Å². The lowest BCUT2D eigenvalue weighted by Crippen LogP contribution is -2.48. The Kier molecular flexibility index (Phi) is 4.12. The first-order valence-electron chi connectivity index (χ1n) is 7.59. The second-order valence-corrected chi connectivity index (χ2v) is 6.14. The SMILES string of the molecule is NC(C(=O)O[C@@H]1CC2CCCN(C2)C1)c1cccc(O)c1. The molecule has 2 fully saturated rings. The molecule has 114 valence electrons. The molecule has 3 unspecified atom stereocenters. The van der Waals surface area contributed by atoms with Gasteiger partial charge in [-0.25, -0.2) is 4.79 Å². The highest BCUT2D eigenvalue weighted by Crippen LogP contribution is 2.28. The van der Waals surface area contributed by atoms with E-state index < -0.39 is 12.0 Å². The fraction of sp³-hybridized carbons (Fsp3) is 0.562. The van der Waals surface area contributed by atoms with Gasteiger partial charge in [0.2, 0.25) is 0 Å². The number of ether oxygens (including phenoxy) is 1. The molecule has 5 nitrogen and oxygen atoms in total. The second kappa shape index (κ2) is 6.03. The molecule has 1 aromatic carbocycles. The summed E-state index contributed by atoms with van der Waals surface area (Å²) in [5, 5.41) is 9.46. The second-order valence-electron chi connectivity index (χ2n) is 6.14. The van der Waals surface area contributed by atoms with E-state index in [0.29, 0.717) is 11.5 Å². The number of carbonyl (C=O) groups is 1. The molecule has 2 bridgehead atoms. The fourth-order valence-corrected chi connectivity index (χ4v) is 3.42. The molecule has 0 amide bonds. The van der Waals surface area contributed by atoms with Gasteiger partial charge < -0.3 is 15.6 Å². The fourth-order valence-electron chi connectivity index (χ4n) is 3.42. The maximum atomic E-state index is 12.2. The van der Waals surface area contributed by atoms with Gasteiger partial charge in [-0.2, -0.15) is 0 Å². The van der Waals surface area contributed by atoms with E-state index in [2.05, 4.69) is 4.90 Å². The highest BCUT2D eigenvalue weighted by Gasteiger charge is 2.33. The smallest absolute Gasteiger partial charge is 0.327 e. The van der Waals surface area contributed by atoms with E-state index >= 15 is 0 Å². The molecule has 3 N–H and O–H groups in total. The third-order valence-corrected chi connectivity index (χ3v) is 4.43. The summed E-state index contributed by atoms with van der Waals surface area (Å²) in [4.78, 5) is 14.6. The molecule has 2 aliphatic rings. The number of rotatable bonds is 3. The van der Waals surface area contributed by atoms with Gasteiger partial charge >= 0.3 is 5.97 Å². The minimum absolute atomic E-state index is 0.0556. The summed E-state index contributed by atoms with van der Waals surface area (Å²) >= 11 is 0. The quantitative estimate of drug-likeness (QED) is 0.823. The number of hydrogen-bond donors (Lipinski definition) is 2. The molecule has 0 spiro atoms. The van der Waals surface area contributed by atoms with Crippen LogP contribution in [0.5, 0.6) is 5.75 Å². The first-order chi connectivity index (χ1) is 10.1. The van der Waals surface area contributed by atoms with Crippen molar-refractivity contribution in [1.29, 1.82) is 0 Å². The van der Waals surface area contributed by atoms with Crippen molar-refractivity contribution >= 4 is 5.97 Å². The van der Waals surface area contributed by atoms with Crippen LogP contribution in [0.15, 0.2) is 24.3 Å². The molecule has 2 saturated heterocycles. The van der Waals surface area contributed by atoms with E-state index in [1.54, 1.807) is 18.2 Å². The third-order valence-electron chi connectivity index (χ3n) is 4.43. The largest absolute Gasteiger partial charge is 0.508 e. The van der Waals surface area contributed by atoms with E-state index in [1.807, 2.05) is 0 Å². The van der Waals surface area contributed by atoms with Crippen molar-refractivity contribution in [3.63, 3.8) is 0 Å². The van der Waals surface area contributed by atoms with Gasteiger partial charge in [0.25, 0.3) is 0 Å². The van der Waals surface area contributed by atoms with Gasteiger partial charge in [-0.15, -0.1) is 0 Å². The molecule has 0 radical (unpaired) electrons. The van der Waals surface area contributed by atoms with Crippen LogP contribution in [0.4, 0.5) is 0 Å². The van der Waals surface area contributed by atoms with E-state index in [4.69, 9.17) is 10.5 Å². The van der Waals surface area contributed by atoms with Crippen LogP contribution in [0.3, 0.4) is 0 Å². The van der Waals surface area contributed by atoms with Crippen LogP contribution in [-0.2, 0) is 9.53 Å². The van der Waals surface area contributed by atoms with Crippen LogP contribution < -0.4 is 5.73 Å². The van der Waals surface area contributed by atoms with E-state index in [9.17, 15) is 9.90 Å². The van der Waals surface area contributed by atoms with Crippen LogP contribution in [0.2, 0.25) is 0 Å². The molecule has 0 saturated carbocycles. The molecular weight excluding hydrogens is 268 g/mol. The number of carbonyl (C=O) groups excluding carboxylic acids is 1. The maximum Gasteiger partial charge on any atom is 0.327 e. The summed E-state index contributed by atoms with van der Waals surface area (Å²) in [6, 6.07) is 5.62. The number of hydrogen-bond acceptors (Lipinski definition) is 5. The number of fused-ring (bicyclic) bond motifs is 2. The zero-order valence-electron chi connectivity index (χ0n) is 12.1. The Hall–Kier alpha value is -1.59. The van der Waals surface area contributed by atoms with Crippen molar-refractivity contribution in [1.82, 2.24) is 4.90 Å². The maximum absolute atomic E-state index is 12.2. The van der Waals surface area contributed by atoms with Crippen molar-refractivity contribution in [2.75, 3.05) is 19.6 Å². The number of esters is 1. The zero-order valence-corrected chi connectivity index (χ0v) is 12.1. The average Bonchev–Trinajstić information content (AvgIpc) is 2.46. The van der Waals surface area contributed by atoms with Crippen molar-refractivity contribution in [2.24, 2.45) is 11.7 Å². The molecule has 4 atom stereocenters. The Morgan fingerprint density at radius 2 is 2.29 bits per heavy atom. The Labute approximate surface area is 124 Å². The monoisotopic (exact) mass is 290 g/mol. The number of piperidine rings is 2. The lowest BCUT2D eigenvalue weighted by Gasteiger charge is -2.41. The third kappa shape index (κ3) is 3.36. The predicted octanol–water partition coefficient (Wildman–Crippen LogP) is 1.42. The molecule has 5 heteroatoms. The molecule has 2 heterocycles. The first kappa shape index (κ1) is 14.4. The Balaban J connectivity index is 1.61. The number of nitrogens with zero attached hydrogens (tertiary/aromatic N) is 1. The molecule has 1 aromatic rings. The van der Waals surface area contributed by atoms with Gasteiger partial charge in [-0.1, -0.05) is 12.1 Å². The summed E-state index contributed by atoms with van der Waals surface area (Å²) in [7, 11) is 0. The summed E-state index contributed by atoms with van der Waals surface area (Å²) in [5.74, 6) is 0.336. The van der Waals surface area contributed by atoms with Crippen molar-refractivity contribution in [3.05, 3.63) is 29.8 Å². The van der Waals surface area contributed by atoms with Crippen LogP contribution in [0.1, 0.15) is 30.9 Å². The Morgan fingerprint density at radius 3 is 3.05 bits per heavy atom. The number of nitrogens with two attached hydrogens (primary N) is 1. The normalized spacial score (nSPS) is 29.7. The van der Waals surface area contributed by atoms with Crippen LogP contribution in [0, 0.1) is 5.92 Å². The Morgan fingerprint density at radius 1 is 1.43 bits per heavy atom.